The molecule has 1 heterocycles. The summed E-state index contributed by atoms with van der Waals surface area (Å²) in [6.07, 6.45) is 1.16. The molecule has 8 heteroatoms. The third-order valence-corrected chi connectivity index (χ3v) is 4.12. The Morgan fingerprint density at radius 1 is 1.55 bits per heavy atom. The lowest BCUT2D eigenvalue weighted by Crippen LogP contribution is -2.50. The minimum Gasteiger partial charge on any atom is -0.352 e. The summed E-state index contributed by atoms with van der Waals surface area (Å²) in [5.41, 5.74) is 0.519. The predicted octanol–water partition coefficient (Wildman–Crippen LogP) is 2.33. The topological polar surface area (TPSA) is 84.3 Å². The van der Waals surface area contributed by atoms with Crippen LogP contribution in [-0.2, 0) is 11.2 Å². The number of piperidine rings is 1. The van der Waals surface area contributed by atoms with Gasteiger partial charge < -0.3 is 10.6 Å². The molecular weight excluding hydrogens is 329 g/mol. The zero-order chi connectivity index (χ0) is 15.4. The highest BCUT2D eigenvalue weighted by Crippen LogP contribution is 2.23. The summed E-state index contributed by atoms with van der Waals surface area (Å²) in [7, 11) is 0. The minimum absolute atomic E-state index is 0. The summed E-state index contributed by atoms with van der Waals surface area (Å²) in [4.78, 5) is 22.2. The molecule has 22 heavy (non-hydrogen) atoms. The van der Waals surface area contributed by atoms with Crippen LogP contribution in [0, 0.1) is 16.0 Å². The molecule has 2 rings (SSSR count). The monoisotopic (exact) mass is 347 g/mol. The highest BCUT2D eigenvalue weighted by molar-refractivity contribution is 6.31. The van der Waals surface area contributed by atoms with Crippen LogP contribution in [0.5, 0.6) is 0 Å². The van der Waals surface area contributed by atoms with Gasteiger partial charge in [0.25, 0.3) is 5.69 Å². The second-order valence-corrected chi connectivity index (χ2v) is 5.76. The molecular formula is C14H19Cl2N3O3. The number of benzene rings is 1. The van der Waals surface area contributed by atoms with Crippen molar-refractivity contribution in [3.05, 3.63) is 38.9 Å². The molecule has 1 saturated heterocycles. The molecule has 0 spiro atoms. The van der Waals surface area contributed by atoms with Crippen LogP contribution >= 0.6 is 24.0 Å². The van der Waals surface area contributed by atoms with E-state index in [1.807, 2.05) is 0 Å². The van der Waals surface area contributed by atoms with Crippen LogP contribution in [0.4, 0.5) is 5.69 Å². The van der Waals surface area contributed by atoms with Crippen molar-refractivity contribution in [2.24, 2.45) is 5.92 Å². The second-order valence-electron chi connectivity index (χ2n) is 5.35. The van der Waals surface area contributed by atoms with Crippen molar-refractivity contribution in [3.8, 4) is 0 Å². The molecule has 0 aliphatic carbocycles. The van der Waals surface area contributed by atoms with Crippen molar-refractivity contribution in [1.29, 1.82) is 0 Å². The summed E-state index contributed by atoms with van der Waals surface area (Å²) in [6.45, 7) is 3.85. The van der Waals surface area contributed by atoms with Crippen molar-refractivity contribution in [3.63, 3.8) is 0 Å². The number of hydrogen-bond acceptors (Lipinski definition) is 4. The van der Waals surface area contributed by atoms with Crippen LogP contribution in [0.25, 0.3) is 0 Å². The number of carbonyl (C=O) groups is 1. The number of nitro groups is 1. The number of amides is 1. The Bertz CT molecular complexity index is 554. The zero-order valence-electron chi connectivity index (χ0n) is 12.2. The number of nitrogens with zero attached hydrogens (tertiary/aromatic N) is 1. The van der Waals surface area contributed by atoms with E-state index in [4.69, 9.17) is 11.6 Å². The average molecular weight is 348 g/mol. The zero-order valence-corrected chi connectivity index (χ0v) is 13.7. The van der Waals surface area contributed by atoms with Crippen LogP contribution in [0.1, 0.15) is 18.9 Å². The van der Waals surface area contributed by atoms with Gasteiger partial charge >= 0.3 is 0 Å². The number of hydrogen-bond donors (Lipinski definition) is 2. The summed E-state index contributed by atoms with van der Waals surface area (Å²) in [6, 6.07) is 4.28. The van der Waals surface area contributed by atoms with Gasteiger partial charge in [-0.15, -0.1) is 12.4 Å². The van der Waals surface area contributed by atoms with Gasteiger partial charge in [-0.3, -0.25) is 14.9 Å². The first-order valence-corrected chi connectivity index (χ1v) is 7.28. The Balaban J connectivity index is 0.00000242. The van der Waals surface area contributed by atoms with E-state index >= 15 is 0 Å². The van der Waals surface area contributed by atoms with E-state index < -0.39 is 4.92 Å². The first kappa shape index (κ1) is 18.7. The number of rotatable bonds is 4. The number of nitro benzene ring substituents is 1. The second kappa shape index (κ2) is 8.31. The van der Waals surface area contributed by atoms with Crippen LogP contribution in [-0.4, -0.2) is 30.0 Å². The van der Waals surface area contributed by atoms with Crippen molar-refractivity contribution in [1.82, 2.24) is 10.6 Å². The van der Waals surface area contributed by atoms with Gasteiger partial charge in [0.15, 0.2) is 0 Å². The summed E-state index contributed by atoms with van der Waals surface area (Å²) >= 11 is 5.99. The maximum Gasteiger partial charge on any atom is 0.270 e. The lowest BCUT2D eigenvalue weighted by molar-refractivity contribution is -0.384. The molecule has 1 aromatic rings. The summed E-state index contributed by atoms with van der Waals surface area (Å²) in [5.74, 6) is 0.314. The third kappa shape index (κ3) is 4.83. The maximum absolute atomic E-state index is 12.1. The third-order valence-electron chi connectivity index (χ3n) is 3.77. The summed E-state index contributed by atoms with van der Waals surface area (Å²) in [5, 5.41) is 17.1. The van der Waals surface area contributed by atoms with Crippen molar-refractivity contribution in [2.75, 3.05) is 13.1 Å². The van der Waals surface area contributed by atoms with Gasteiger partial charge in [-0.05, 0) is 24.4 Å². The first-order valence-electron chi connectivity index (χ1n) is 6.90. The molecule has 0 radical (unpaired) electrons. The van der Waals surface area contributed by atoms with Gasteiger partial charge in [0.1, 0.15) is 0 Å². The van der Waals surface area contributed by atoms with Crippen molar-refractivity contribution < 1.29 is 9.72 Å². The van der Waals surface area contributed by atoms with Gasteiger partial charge in [0.2, 0.25) is 5.91 Å². The van der Waals surface area contributed by atoms with E-state index in [0.29, 0.717) is 11.5 Å². The highest BCUT2D eigenvalue weighted by Gasteiger charge is 2.23. The van der Waals surface area contributed by atoms with Gasteiger partial charge in [-0.25, -0.2) is 0 Å². The minimum atomic E-state index is -0.509. The van der Waals surface area contributed by atoms with E-state index in [0.717, 1.165) is 19.5 Å². The average Bonchev–Trinajstić information content (AvgIpc) is 2.43. The molecule has 122 valence electrons. The van der Waals surface area contributed by atoms with Gasteiger partial charge in [0.05, 0.1) is 16.4 Å². The van der Waals surface area contributed by atoms with Crippen LogP contribution in [0.2, 0.25) is 5.02 Å². The molecule has 2 N–H and O–H groups in total. The largest absolute Gasteiger partial charge is 0.352 e. The normalized spacial score (nSPS) is 20.8. The van der Waals surface area contributed by atoms with E-state index in [2.05, 4.69) is 17.6 Å². The molecule has 1 aliphatic heterocycles. The molecule has 0 saturated carbocycles. The summed E-state index contributed by atoms with van der Waals surface area (Å²) < 4.78 is 0. The van der Waals surface area contributed by atoms with Crippen LogP contribution in [0.3, 0.4) is 0 Å². The Labute approximate surface area is 140 Å². The molecule has 1 aliphatic rings. The molecule has 1 amide bonds. The van der Waals surface area contributed by atoms with Gasteiger partial charge in [-0.2, -0.15) is 0 Å². The van der Waals surface area contributed by atoms with Crippen molar-refractivity contribution >= 4 is 35.6 Å². The standard InChI is InChI=1S/C14H18ClN3O3.ClH/c1-9-4-5-16-8-13(9)17-14(19)6-10-2-3-11(18(20)21)7-12(10)15;/h2-3,7,9,13,16H,4-6,8H2,1H3,(H,17,19);1H. The fourth-order valence-electron chi connectivity index (χ4n) is 2.41. The Morgan fingerprint density at radius 2 is 2.27 bits per heavy atom. The Morgan fingerprint density at radius 3 is 2.86 bits per heavy atom. The predicted molar refractivity (Wildman–Crippen MR) is 87.6 cm³/mol. The molecule has 1 fully saturated rings. The molecule has 2 atom stereocenters. The van der Waals surface area contributed by atoms with Crippen LogP contribution < -0.4 is 10.6 Å². The quantitative estimate of drug-likeness (QED) is 0.646. The van der Waals surface area contributed by atoms with E-state index in [9.17, 15) is 14.9 Å². The van der Waals surface area contributed by atoms with E-state index in [-0.39, 0.29) is 41.5 Å². The van der Waals surface area contributed by atoms with E-state index in [1.54, 1.807) is 0 Å². The lowest BCUT2D eigenvalue weighted by Gasteiger charge is -2.30. The van der Waals surface area contributed by atoms with Gasteiger partial charge in [-0.1, -0.05) is 24.6 Å². The lowest BCUT2D eigenvalue weighted by atomic mass is 9.94. The molecule has 6 nitrogen and oxygen atoms in total. The Kier molecular flexibility index (Phi) is 7.06. The van der Waals surface area contributed by atoms with Crippen molar-refractivity contribution in [2.45, 2.75) is 25.8 Å². The van der Waals surface area contributed by atoms with Crippen LogP contribution in [0.15, 0.2) is 18.2 Å². The number of non-ortho nitro benzene ring substituents is 1. The van der Waals surface area contributed by atoms with E-state index in [1.165, 1.54) is 18.2 Å². The molecule has 1 aromatic carbocycles. The smallest absolute Gasteiger partial charge is 0.270 e. The highest BCUT2D eigenvalue weighted by atomic mass is 35.5. The number of halogens is 2. The molecule has 0 aromatic heterocycles. The Hall–Kier alpha value is -1.37. The molecule has 2 unspecified atom stereocenters. The fraction of sp³-hybridized carbons (Fsp3) is 0.500. The number of nitrogens with one attached hydrogen (secondary N) is 2. The fourth-order valence-corrected chi connectivity index (χ4v) is 2.65. The first-order chi connectivity index (χ1) is 9.97. The number of carbonyl (C=O) groups excluding carboxylic acids is 1. The maximum atomic E-state index is 12.1. The molecule has 0 bridgehead atoms. The van der Waals surface area contributed by atoms with Gasteiger partial charge in [0, 0.05) is 24.7 Å². The SMILES string of the molecule is CC1CCNCC1NC(=O)Cc1ccc([N+](=O)[O-])cc1Cl.Cl.